The summed E-state index contributed by atoms with van der Waals surface area (Å²) in [6, 6.07) is 0. The molecular formula is C11H20N2O2. The van der Waals surface area contributed by atoms with Crippen LogP contribution in [0.2, 0.25) is 0 Å². The molecule has 0 amide bonds. The van der Waals surface area contributed by atoms with E-state index in [-0.39, 0.29) is 11.3 Å². The first-order chi connectivity index (χ1) is 7.22. The lowest BCUT2D eigenvalue weighted by molar-refractivity contribution is -0.209. The van der Waals surface area contributed by atoms with Crippen LogP contribution in [0.1, 0.15) is 19.3 Å². The van der Waals surface area contributed by atoms with Crippen molar-refractivity contribution in [3.63, 3.8) is 0 Å². The van der Waals surface area contributed by atoms with Gasteiger partial charge >= 0.3 is 0 Å². The third kappa shape index (κ3) is 1.69. The molecule has 4 nitrogen and oxygen atoms in total. The molecule has 0 atom stereocenters. The number of hydrogen-bond acceptors (Lipinski definition) is 4. The molecule has 0 unspecified atom stereocenters. The van der Waals surface area contributed by atoms with Crippen molar-refractivity contribution in [1.82, 2.24) is 10.2 Å². The van der Waals surface area contributed by atoms with Gasteiger partial charge in [-0.25, -0.2) is 0 Å². The first-order valence-electron chi connectivity index (χ1n) is 5.92. The maximum Gasteiger partial charge on any atom is 0.122 e. The first-order valence-corrected chi connectivity index (χ1v) is 5.92. The quantitative estimate of drug-likeness (QED) is 0.621. The summed E-state index contributed by atoms with van der Waals surface area (Å²) in [6.45, 7) is 4.88. The largest absolute Gasteiger partial charge is 0.377 e. The highest BCUT2D eigenvalue weighted by atomic mass is 16.5. The van der Waals surface area contributed by atoms with E-state index in [1.165, 1.54) is 0 Å². The van der Waals surface area contributed by atoms with Crippen LogP contribution in [0.3, 0.4) is 0 Å². The van der Waals surface area contributed by atoms with Crippen molar-refractivity contribution in [1.29, 1.82) is 0 Å². The zero-order chi connectivity index (χ0) is 10.4. The summed E-state index contributed by atoms with van der Waals surface area (Å²) in [5.41, 5.74) is 0.197. The average molecular weight is 212 g/mol. The van der Waals surface area contributed by atoms with Crippen LogP contribution in [0.5, 0.6) is 0 Å². The van der Waals surface area contributed by atoms with Crippen molar-refractivity contribution in [3.05, 3.63) is 0 Å². The van der Waals surface area contributed by atoms with Gasteiger partial charge in [0, 0.05) is 25.9 Å². The molecule has 0 aromatic carbocycles. The molecule has 3 saturated heterocycles. The molecule has 3 aliphatic heterocycles. The molecule has 0 radical (unpaired) electrons. The molecule has 4 heteroatoms. The Labute approximate surface area is 90.9 Å². The van der Waals surface area contributed by atoms with Gasteiger partial charge < -0.3 is 14.4 Å². The van der Waals surface area contributed by atoms with Crippen molar-refractivity contribution in [2.75, 3.05) is 40.0 Å². The zero-order valence-electron chi connectivity index (χ0n) is 9.42. The van der Waals surface area contributed by atoms with Crippen molar-refractivity contribution in [3.8, 4) is 0 Å². The summed E-state index contributed by atoms with van der Waals surface area (Å²) >= 11 is 0. The topological polar surface area (TPSA) is 33.7 Å². The van der Waals surface area contributed by atoms with Crippen LogP contribution in [-0.4, -0.2) is 56.1 Å². The van der Waals surface area contributed by atoms with Crippen LogP contribution in [0, 0.1) is 0 Å². The van der Waals surface area contributed by atoms with E-state index in [1.54, 1.807) is 0 Å². The summed E-state index contributed by atoms with van der Waals surface area (Å²) in [5.74, 6) is 0. The molecule has 3 heterocycles. The van der Waals surface area contributed by atoms with E-state index in [2.05, 4.69) is 17.3 Å². The minimum atomic E-state index is -0.0471. The maximum absolute atomic E-state index is 5.99. The van der Waals surface area contributed by atoms with Gasteiger partial charge in [-0.2, -0.15) is 0 Å². The Morgan fingerprint density at radius 1 is 1.13 bits per heavy atom. The van der Waals surface area contributed by atoms with Crippen LogP contribution in [0.4, 0.5) is 0 Å². The molecule has 3 aliphatic rings. The molecule has 0 aromatic rings. The van der Waals surface area contributed by atoms with Crippen molar-refractivity contribution >= 4 is 0 Å². The highest BCUT2D eigenvalue weighted by Crippen LogP contribution is 2.34. The van der Waals surface area contributed by atoms with Crippen molar-refractivity contribution in [2.45, 2.75) is 30.5 Å². The summed E-state index contributed by atoms with van der Waals surface area (Å²) in [4.78, 5) is 2.37. The lowest BCUT2D eigenvalue weighted by atomic mass is 9.86. The molecule has 0 saturated carbocycles. The van der Waals surface area contributed by atoms with Gasteiger partial charge in [0.05, 0.1) is 25.4 Å². The van der Waals surface area contributed by atoms with Gasteiger partial charge in [-0.05, 0) is 13.5 Å². The number of piperidine rings is 1. The lowest BCUT2D eigenvalue weighted by Gasteiger charge is -2.55. The van der Waals surface area contributed by atoms with Gasteiger partial charge in [-0.3, -0.25) is 5.32 Å². The Hall–Kier alpha value is -0.160. The smallest absolute Gasteiger partial charge is 0.122 e. The summed E-state index contributed by atoms with van der Waals surface area (Å²) in [6.07, 6.45) is 3.31. The Balaban J connectivity index is 1.69. The Bertz CT molecular complexity index is 245. The first kappa shape index (κ1) is 10.0. The monoisotopic (exact) mass is 212 g/mol. The van der Waals surface area contributed by atoms with Crippen molar-refractivity contribution < 1.29 is 9.47 Å². The number of rotatable bonds is 0. The fourth-order valence-corrected chi connectivity index (χ4v) is 2.84. The average Bonchev–Trinajstić information content (AvgIpc) is 2.21. The molecule has 0 bridgehead atoms. The predicted molar refractivity (Wildman–Crippen MR) is 56.7 cm³/mol. The standard InChI is InChI=1S/C11H20N2O2/c1-13-5-2-11(3-6-13)12-10(4-7-15-11)8-14-9-10/h12H,2-9H2,1H3. The van der Waals surface area contributed by atoms with Gasteiger partial charge in [0.25, 0.3) is 0 Å². The van der Waals surface area contributed by atoms with E-state index >= 15 is 0 Å². The lowest BCUT2D eigenvalue weighted by Crippen LogP contribution is -2.73. The van der Waals surface area contributed by atoms with Gasteiger partial charge in [0.15, 0.2) is 0 Å². The van der Waals surface area contributed by atoms with E-state index in [4.69, 9.17) is 9.47 Å². The zero-order valence-corrected chi connectivity index (χ0v) is 9.42. The minimum absolute atomic E-state index is 0.0471. The van der Waals surface area contributed by atoms with Gasteiger partial charge in [-0.15, -0.1) is 0 Å². The molecular weight excluding hydrogens is 192 g/mol. The van der Waals surface area contributed by atoms with E-state index < -0.39 is 0 Å². The second-order valence-electron chi connectivity index (χ2n) is 5.29. The number of likely N-dealkylation sites (tertiary alicyclic amines) is 1. The van der Waals surface area contributed by atoms with Crippen LogP contribution >= 0.6 is 0 Å². The molecule has 1 N–H and O–H groups in total. The van der Waals surface area contributed by atoms with Crippen molar-refractivity contribution in [2.24, 2.45) is 0 Å². The summed E-state index contributed by atoms with van der Waals surface area (Å²) in [5, 5.41) is 3.73. The fraction of sp³-hybridized carbons (Fsp3) is 1.00. The van der Waals surface area contributed by atoms with E-state index in [9.17, 15) is 0 Å². The van der Waals surface area contributed by atoms with Gasteiger partial charge in [-0.1, -0.05) is 0 Å². The predicted octanol–water partition coefficient (Wildman–Crippen LogP) is 0.187. The number of hydrogen-bond donors (Lipinski definition) is 1. The molecule has 0 aliphatic carbocycles. The van der Waals surface area contributed by atoms with E-state index in [1.807, 2.05) is 0 Å². The van der Waals surface area contributed by atoms with Gasteiger partial charge in [0.1, 0.15) is 5.72 Å². The number of nitrogens with zero attached hydrogens (tertiary/aromatic N) is 1. The second kappa shape index (κ2) is 3.42. The Kier molecular flexibility index (Phi) is 2.28. The van der Waals surface area contributed by atoms with Crippen LogP contribution in [0.15, 0.2) is 0 Å². The summed E-state index contributed by atoms with van der Waals surface area (Å²) < 4.78 is 11.3. The van der Waals surface area contributed by atoms with Crippen LogP contribution in [-0.2, 0) is 9.47 Å². The Morgan fingerprint density at radius 2 is 1.87 bits per heavy atom. The highest BCUT2D eigenvalue weighted by molar-refractivity contribution is 5.03. The molecule has 86 valence electrons. The third-order valence-corrected chi connectivity index (χ3v) is 4.00. The highest BCUT2D eigenvalue weighted by Gasteiger charge is 2.49. The second-order valence-corrected chi connectivity index (χ2v) is 5.29. The molecule has 0 aromatic heterocycles. The third-order valence-electron chi connectivity index (χ3n) is 4.00. The normalized spacial score (nSPS) is 34.2. The molecule has 15 heavy (non-hydrogen) atoms. The number of nitrogens with one attached hydrogen (secondary N) is 1. The Morgan fingerprint density at radius 3 is 2.47 bits per heavy atom. The molecule has 3 fully saturated rings. The molecule has 3 rings (SSSR count). The fourth-order valence-electron chi connectivity index (χ4n) is 2.84. The maximum atomic E-state index is 5.99. The van der Waals surface area contributed by atoms with E-state index in [0.717, 1.165) is 52.2 Å². The SMILES string of the molecule is CN1CCC2(CC1)NC1(CCO2)COC1. The van der Waals surface area contributed by atoms with Gasteiger partial charge in [0.2, 0.25) is 0 Å². The van der Waals surface area contributed by atoms with E-state index in [0.29, 0.717) is 0 Å². The van der Waals surface area contributed by atoms with Crippen LogP contribution < -0.4 is 5.32 Å². The minimum Gasteiger partial charge on any atom is -0.377 e. The summed E-state index contributed by atoms with van der Waals surface area (Å²) in [7, 11) is 2.18. The number of ether oxygens (including phenoxy) is 2. The molecule has 2 spiro atoms. The van der Waals surface area contributed by atoms with Crippen LogP contribution in [0.25, 0.3) is 0 Å².